The van der Waals surface area contributed by atoms with Gasteiger partial charge in [0.15, 0.2) is 0 Å². The number of hydrogen-bond acceptors (Lipinski definition) is 3. The standard InChI is InChI=1S/C24H38N2O3/c1-5-7-8-10-21(26-14-9-11-23(26)28)25-22(27)13-12-19-15-18(4)24(29)20(16-19)17(3)6-2/h15-17,21,29H,5-14H2,1-4H3,(H,25,27). The van der Waals surface area contributed by atoms with Crippen LogP contribution < -0.4 is 5.32 Å². The summed E-state index contributed by atoms with van der Waals surface area (Å²) in [6, 6.07) is 4.00. The first-order chi connectivity index (χ1) is 13.9. The fraction of sp³-hybridized carbons (Fsp3) is 0.667. The summed E-state index contributed by atoms with van der Waals surface area (Å²) >= 11 is 0. The van der Waals surface area contributed by atoms with Crippen LogP contribution in [0, 0.1) is 6.92 Å². The fourth-order valence-corrected chi connectivity index (χ4v) is 4.03. The van der Waals surface area contributed by atoms with Crippen molar-refractivity contribution in [1.29, 1.82) is 0 Å². The first kappa shape index (κ1) is 23.2. The Morgan fingerprint density at radius 2 is 2.03 bits per heavy atom. The number of nitrogens with one attached hydrogen (secondary N) is 1. The van der Waals surface area contributed by atoms with E-state index in [9.17, 15) is 14.7 Å². The van der Waals surface area contributed by atoms with Crippen molar-refractivity contribution in [3.8, 4) is 5.75 Å². The summed E-state index contributed by atoms with van der Waals surface area (Å²) in [5.41, 5.74) is 2.90. The van der Waals surface area contributed by atoms with Gasteiger partial charge in [0.05, 0.1) is 0 Å². The molecule has 2 N–H and O–H groups in total. The molecule has 0 aliphatic carbocycles. The molecule has 1 saturated heterocycles. The molecule has 0 saturated carbocycles. The summed E-state index contributed by atoms with van der Waals surface area (Å²) in [7, 11) is 0. The number of phenols is 1. The van der Waals surface area contributed by atoms with Crippen molar-refractivity contribution in [3.05, 3.63) is 28.8 Å². The maximum atomic E-state index is 12.7. The Hall–Kier alpha value is -2.04. The molecule has 1 aliphatic rings. The van der Waals surface area contributed by atoms with E-state index in [1.807, 2.05) is 24.0 Å². The topological polar surface area (TPSA) is 69.6 Å². The largest absolute Gasteiger partial charge is 0.507 e. The number of nitrogens with zero attached hydrogens (tertiary/aromatic N) is 1. The lowest BCUT2D eigenvalue weighted by molar-refractivity contribution is -0.132. The zero-order valence-corrected chi connectivity index (χ0v) is 18.6. The lowest BCUT2D eigenvalue weighted by atomic mass is 9.92. The second-order valence-electron chi connectivity index (χ2n) is 8.43. The van der Waals surface area contributed by atoms with Crippen LogP contribution in [0.3, 0.4) is 0 Å². The van der Waals surface area contributed by atoms with Crippen LogP contribution >= 0.6 is 0 Å². The van der Waals surface area contributed by atoms with Gasteiger partial charge in [-0.05, 0) is 61.6 Å². The molecule has 5 heteroatoms. The molecule has 0 bridgehead atoms. The molecule has 0 spiro atoms. The van der Waals surface area contributed by atoms with Crippen LogP contribution in [0.2, 0.25) is 0 Å². The molecular formula is C24H38N2O3. The highest BCUT2D eigenvalue weighted by atomic mass is 16.3. The smallest absolute Gasteiger partial charge is 0.224 e. The van der Waals surface area contributed by atoms with Crippen LogP contribution in [-0.2, 0) is 16.0 Å². The van der Waals surface area contributed by atoms with E-state index >= 15 is 0 Å². The van der Waals surface area contributed by atoms with Gasteiger partial charge >= 0.3 is 0 Å². The van der Waals surface area contributed by atoms with Gasteiger partial charge in [-0.25, -0.2) is 0 Å². The lowest BCUT2D eigenvalue weighted by Gasteiger charge is -2.29. The molecular weight excluding hydrogens is 364 g/mol. The lowest BCUT2D eigenvalue weighted by Crippen LogP contribution is -2.48. The number of unbranched alkanes of at least 4 members (excludes halogenated alkanes) is 2. The second kappa shape index (κ2) is 11.2. The summed E-state index contributed by atoms with van der Waals surface area (Å²) in [5, 5.41) is 13.5. The Kier molecular flexibility index (Phi) is 8.99. The van der Waals surface area contributed by atoms with Crippen molar-refractivity contribution in [3.63, 3.8) is 0 Å². The van der Waals surface area contributed by atoms with Gasteiger partial charge in [-0.2, -0.15) is 0 Å². The number of hydrogen-bond donors (Lipinski definition) is 2. The van der Waals surface area contributed by atoms with Crippen molar-refractivity contribution in [1.82, 2.24) is 10.2 Å². The molecule has 0 radical (unpaired) electrons. The Labute approximate surface area is 175 Å². The number of rotatable bonds is 11. The van der Waals surface area contributed by atoms with Gasteiger partial charge in [0.25, 0.3) is 0 Å². The number of likely N-dealkylation sites (tertiary alicyclic amines) is 1. The molecule has 162 valence electrons. The molecule has 2 amide bonds. The summed E-state index contributed by atoms with van der Waals surface area (Å²) in [4.78, 5) is 26.7. The molecule has 2 rings (SSSR count). The van der Waals surface area contributed by atoms with Gasteiger partial charge in [0, 0.05) is 19.4 Å². The zero-order chi connectivity index (χ0) is 21.4. The molecule has 1 fully saturated rings. The van der Waals surface area contributed by atoms with E-state index in [4.69, 9.17) is 0 Å². The summed E-state index contributed by atoms with van der Waals surface area (Å²) in [6.45, 7) is 9.03. The molecule has 2 atom stereocenters. The Bertz CT molecular complexity index is 702. The predicted molar refractivity (Wildman–Crippen MR) is 117 cm³/mol. The molecule has 2 unspecified atom stereocenters. The van der Waals surface area contributed by atoms with Crippen molar-refractivity contribution in [2.75, 3.05) is 6.54 Å². The third-order valence-electron chi connectivity index (χ3n) is 6.07. The quantitative estimate of drug-likeness (QED) is 0.523. The highest BCUT2D eigenvalue weighted by molar-refractivity contribution is 5.80. The number of amides is 2. The van der Waals surface area contributed by atoms with E-state index in [1.165, 1.54) is 0 Å². The van der Waals surface area contributed by atoms with Crippen molar-refractivity contribution < 1.29 is 14.7 Å². The van der Waals surface area contributed by atoms with E-state index in [2.05, 4.69) is 26.1 Å². The average Bonchev–Trinajstić information content (AvgIpc) is 3.13. The highest BCUT2D eigenvalue weighted by Gasteiger charge is 2.28. The zero-order valence-electron chi connectivity index (χ0n) is 18.6. The minimum atomic E-state index is -0.179. The maximum absolute atomic E-state index is 12.7. The number of carbonyl (C=O) groups is 2. The molecule has 1 aliphatic heterocycles. The summed E-state index contributed by atoms with van der Waals surface area (Å²) in [6.07, 6.45) is 7.33. The monoisotopic (exact) mass is 402 g/mol. The van der Waals surface area contributed by atoms with Crippen molar-refractivity contribution in [2.24, 2.45) is 0 Å². The maximum Gasteiger partial charge on any atom is 0.224 e. The Morgan fingerprint density at radius 3 is 2.66 bits per heavy atom. The van der Waals surface area contributed by atoms with Crippen LogP contribution in [0.1, 0.15) is 94.7 Å². The van der Waals surface area contributed by atoms with Gasteiger partial charge < -0.3 is 15.3 Å². The van der Waals surface area contributed by atoms with Crippen molar-refractivity contribution in [2.45, 2.75) is 97.6 Å². The van der Waals surface area contributed by atoms with E-state index in [-0.39, 0.29) is 23.9 Å². The molecule has 1 aromatic rings. The second-order valence-corrected chi connectivity index (χ2v) is 8.43. The van der Waals surface area contributed by atoms with Gasteiger partial charge in [0.2, 0.25) is 11.8 Å². The van der Waals surface area contributed by atoms with Crippen LogP contribution in [-0.4, -0.2) is 34.5 Å². The Morgan fingerprint density at radius 1 is 1.28 bits per heavy atom. The molecule has 1 heterocycles. The Balaban J connectivity index is 1.99. The molecule has 29 heavy (non-hydrogen) atoms. The first-order valence-electron chi connectivity index (χ1n) is 11.3. The van der Waals surface area contributed by atoms with E-state index < -0.39 is 0 Å². The average molecular weight is 403 g/mol. The summed E-state index contributed by atoms with van der Waals surface area (Å²) in [5.74, 6) is 0.795. The van der Waals surface area contributed by atoms with Gasteiger partial charge in [-0.3, -0.25) is 9.59 Å². The number of aryl methyl sites for hydroxylation is 2. The normalized spacial score (nSPS) is 16.1. The predicted octanol–water partition coefficient (Wildman–Crippen LogP) is 4.79. The number of benzene rings is 1. The van der Waals surface area contributed by atoms with E-state index in [1.54, 1.807) is 0 Å². The summed E-state index contributed by atoms with van der Waals surface area (Å²) < 4.78 is 0. The van der Waals surface area contributed by atoms with Crippen LogP contribution in [0.4, 0.5) is 0 Å². The molecule has 5 nitrogen and oxygen atoms in total. The number of aromatic hydroxyl groups is 1. The SMILES string of the molecule is CCCCCC(NC(=O)CCc1cc(C)c(O)c(C(C)CC)c1)N1CCCC1=O. The van der Waals surface area contributed by atoms with Crippen LogP contribution in [0.25, 0.3) is 0 Å². The minimum Gasteiger partial charge on any atom is -0.507 e. The van der Waals surface area contributed by atoms with Gasteiger partial charge in [0.1, 0.15) is 11.9 Å². The van der Waals surface area contributed by atoms with Gasteiger partial charge in [-0.1, -0.05) is 45.7 Å². The van der Waals surface area contributed by atoms with E-state index in [0.29, 0.717) is 25.0 Å². The number of carbonyl (C=O) groups excluding carboxylic acids is 2. The third-order valence-corrected chi connectivity index (χ3v) is 6.07. The minimum absolute atomic E-state index is 0.0120. The highest BCUT2D eigenvalue weighted by Crippen LogP contribution is 2.32. The molecule has 0 aromatic heterocycles. The number of phenolic OH excluding ortho intramolecular Hbond substituents is 1. The first-order valence-corrected chi connectivity index (χ1v) is 11.3. The molecule has 1 aromatic carbocycles. The third kappa shape index (κ3) is 6.48. The van der Waals surface area contributed by atoms with E-state index in [0.717, 1.165) is 61.8 Å². The fourth-order valence-electron chi connectivity index (χ4n) is 4.03. The van der Waals surface area contributed by atoms with Crippen molar-refractivity contribution >= 4 is 11.8 Å². The van der Waals surface area contributed by atoms with Crippen LogP contribution in [0.15, 0.2) is 12.1 Å². The van der Waals surface area contributed by atoms with Crippen LogP contribution in [0.5, 0.6) is 5.75 Å². The van der Waals surface area contributed by atoms with Gasteiger partial charge in [-0.15, -0.1) is 0 Å².